The van der Waals surface area contributed by atoms with Crippen molar-refractivity contribution < 1.29 is 19.4 Å². The number of hydrogen-bond donors (Lipinski definition) is 1. The number of esters is 1. The highest BCUT2D eigenvalue weighted by Crippen LogP contribution is 2.34. The number of ether oxygens (including phenoxy) is 1. The first kappa shape index (κ1) is 16.1. The molecule has 6 heteroatoms. The summed E-state index contributed by atoms with van der Waals surface area (Å²) < 4.78 is 6.15. The Bertz CT molecular complexity index is 863. The van der Waals surface area contributed by atoms with Gasteiger partial charge in [-0.3, -0.25) is 0 Å². The number of hydrogen-bond acceptors (Lipinski definition) is 4. The number of benzene rings is 1. The van der Waals surface area contributed by atoms with E-state index in [0.717, 1.165) is 23.9 Å². The number of aromatic nitrogens is 1. The molecule has 1 aromatic heterocycles. The molecule has 24 heavy (non-hydrogen) atoms. The molecule has 0 fully saturated rings. The van der Waals surface area contributed by atoms with Crippen LogP contribution in [0.25, 0.3) is 16.6 Å². The number of carbonyl (C=O) groups is 2. The van der Waals surface area contributed by atoms with Gasteiger partial charge in [-0.15, -0.1) is 0 Å². The van der Waals surface area contributed by atoms with E-state index in [9.17, 15) is 14.7 Å². The van der Waals surface area contributed by atoms with Crippen LogP contribution in [-0.2, 0) is 9.53 Å². The van der Waals surface area contributed by atoms with E-state index in [1.54, 1.807) is 6.07 Å². The lowest BCUT2D eigenvalue weighted by Gasteiger charge is -2.29. The first-order chi connectivity index (χ1) is 11.4. The Morgan fingerprint density at radius 3 is 2.67 bits per heavy atom. The van der Waals surface area contributed by atoms with E-state index in [-0.39, 0.29) is 0 Å². The molecular weight excluding hydrogens is 308 g/mol. The van der Waals surface area contributed by atoms with Crippen LogP contribution in [0.1, 0.15) is 24.1 Å². The Morgan fingerprint density at radius 2 is 2.00 bits per heavy atom. The second-order valence-corrected chi connectivity index (χ2v) is 6.05. The lowest BCUT2D eigenvalue weighted by atomic mass is 10.0. The summed E-state index contributed by atoms with van der Waals surface area (Å²) in [6, 6.07) is 7.45. The van der Waals surface area contributed by atoms with Crippen LogP contribution in [0.5, 0.6) is 0 Å². The SMILES string of the molecule is COC(=O)C1=C(c2cc3cc(C)ccc3n2C(=O)O)N(C)CCC1. The van der Waals surface area contributed by atoms with Gasteiger partial charge < -0.3 is 14.7 Å². The fourth-order valence-electron chi connectivity index (χ4n) is 3.34. The predicted molar refractivity (Wildman–Crippen MR) is 90.9 cm³/mol. The average Bonchev–Trinajstić information content (AvgIpc) is 2.91. The molecule has 1 aromatic carbocycles. The molecule has 1 N–H and O–H groups in total. The van der Waals surface area contributed by atoms with E-state index in [1.165, 1.54) is 11.7 Å². The van der Waals surface area contributed by atoms with Crippen molar-refractivity contribution in [3.63, 3.8) is 0 Å². The molecule has 0 bridgehead atoms. The Balaban J connectivity index is 2.34. The minimum absolute atomic E-state index is 0.407. The van der Waals surface area contributed by atoms with Crippen molar-refractivity contribution >= 4 is 28.7 Å². The topological polar surface area (TPSA) is 71.8 Å². The maximum absolute atomic E-state index is 12.2. The van der Waals surface area contributed by atoms with Gasteiger partial charge in [0.1, 0.15) is 0 Å². The highest BCUT2D eigenvalue weighted by atomic mass is 16.5. The quantitative estimate of drug-likeness (QED) is 0.858. The van der Waals surface area contributed by atoms with Gasteiger partial charge in [-0.05, 0) is 38.0 Å². The smallest absolute Gasteiger partial charge is 0.416 e. The van der Waals surface area contributed by atoms with Gasteiger partial charge in [0.05, 0.1) is 29.6 Å². The monoisotopic (exact) mass is 328 g/mol. The molecule has 2 heterocycles. The molecule has 0 amide bonds. The van der Waals surface area contributed by atoms with Crippen LogP contribution in [0.3, 0.4) is 0 Å². The molecule has 0 aliphatic carbocycles. The van der Waals surface area contributed by atoms with E-state index in [1.807, 2.05) is 37.1 Å². The lowest BCUT2D eigenvalue weighted by Crippen LogP contribution is -2.29. The summed E-state index contributed by atoms with van der Waals surface area (Å²) >= 11 is 0. The summed E-state index contributed by atoms with van der Waals surface area (Å²) in [6.07, 6.45) is 0.336. The summed E-state index contributed by atoms with van der Waals surface area (Å²) in [5.41, 5.74) is 3.32. The van der Waals surface area contributed by atoms with E-state index < -0.39 is 12.1 Å². The van der Waals surface area contributed by atoms with Gasteiger partial charge in [0, 0.05) is 19.0 Å². The van der Waals surface area contributed by atoms with E-state index in [0.29, 0.717) is 28.9 Å². The van der Waals surface area contributed by atoms with Gasteiger partial charge in [-0.2, -0.15) is 0 Å². The van der Waals surface area contributed by atoms with Gasteiger partial charge in [0.25, 0.3) is 0 Å². The van der Waals surface area contributed by atoms with Crippen LogP contribution in [0.4, 0.5) is 4.79 Å². The number of carboxylic acid groups (broad SMARTS) is 1. The standard InChI is InChI=1S/C18H20N2O4/c1-11-6-7-14-12(9-11)10-15(20(14)18(22)23)16-13(17(21)24-3)5-4-8-19(16)2/h6-7,9-10H,4-5,8H2,1-3H3,(H,22,23). The summed E-state index contributed by atoms with van der Waals surface area (Å²) in [5.74, 6) is -0.407. The molecule has 0 saturated carbocycles. The summed E-state index contributed by atoms with van der Waals surface area (Å²) in [7, 11) is 3.21. The van der Waals surface area contributed by atoms with Gasteiger partial charge in [-0.25, -0.2) is 14.2 Å². The molecule has 1 aliphatic heterocycles. The lowest BCUT2D eigenvalue weighted by molar-refractivity contribution is -0.136. The summed E-state index contributed by atoms with van der Waals surface area (Å²) in [4.78, 5) is 26.0. The Labute approximate surface area is 139 Å². The summed E-state index contributed by atoms with van der Waals surface area (Å²) in [5, 5.41) is 10.6. The molecule has 3 rings (SSSR count). The molecule has 0 unspecified atom stereocenters. The maximum atomic E-state index is 12.2. The molecular formula is C18H20N2O4. The average molecular weight is 328 g/mol. The van der Waals surface area contributed by atoms with Crippen molar-refractivity contribution in [2.24, 2.45) is 0 Å². The zero-order valence-electron chi connectivity index (χ0n) is 14.0. The van der Waals surface area contributed by atoms with Crippen molar-refractivity contribution in [1.82, 2.24) is 9.47 Å². The van der Waals surface area contributed by atoms with Crippen LogP contribution in [0, 0.1) is 6.92 Å². The van der Waals surface area contributed by atoms with E-state index in [4.69, 9.17) is 4.74 Å². The minimum atomic E-state index is -1.07. The van der Waals surface area contributed by atoms with Crippen LogP contribution in [-0.4, -0.2) is 47.3 Å². The molecule has 126 valence electrons. The number of rotatable bonds is 2. The number of methoxy groups -OCH3 is 1. The Hall–Kier alpha value is -2.76. The first-order valence-corrected chi connectivity index (χ1v) is 7.82. The predicted octanol–water partition coefficient (Wildman–Crippen LogP) is 3.09. The molecule has 6 nitrogen and oxygen atoms in total. The number of nitrogens with zero attached hydrogens (tertiary/aromatic N) is 2. The fraction of sp³-hybridized carbons (Fsp3) is 0.333. The van der Waals surface area contributed by atoms with Crippen molar-refractivity contribution in [3.8, 4) is 0 Å². The van der Waals surface area contributed by atoms with Crippen LogP contribution in [0.2, 0.25) is 0 Å². The molecule has 2 aromatic rings. The largest absolute Gasteiger partial charge is 0.466 e. The number of fused-ring (bicyclic) bond motifs is 1. The zero-order valence-corrected chi connectivity index (χ0v) is 14.0. The number of aryl methyl sites for hydroxylation is 1. The van der Waals surface area contributed by atoms with Crippen LogP contribution >= 0.6 is 0 Å². The van der Waals surface area contributed by atoms with Crippen LogP contribution in [0.15, 0.2) is 29.8 Å². The molecule has 0 spiro atoms. The highest BCUT2D eigenvalue weighted by Gasteiger charge is 2.28. The minimum Gasteiger partial charge on any atom is -0.466 e. The third-order valence-electron chi connectivity index (χ3n) is 4.41. The summed E-state index contributed by atoms with van der Waals surface area (Å²) in [6.45, 7) is 2.72. The van der Waals surface area contributed by atoms with Crippen molar-refractivity contribution in [2.75, 3.05) is 20.7 Å². The molecule has 0 saturated heterocycles. The van der Waals surface area contributed by atoms with Gasteiger partial charge in [0.15, 0.2) is 0 Å². The van der Waals surface area contributed by atoms with Crippen molar-refractivity contribution in [2.45, 2.75) is 19.8 Å². The molecule has 1 aliphatic rings. The third kappa shape index (κ3) is 2.54. The van der Waals surface area contributed by atoms with E-state index >= 15 is 0 Å². The van der Waals surface area contributed by atoms with Gasteiger partial charge >= 0.3 is 12.1 Å². The second kappa shape index (κ2) is 6.03. The maximum Gasteiger partial charge on any atom is 0.416 e. The van der Waals surface area contributed by atoms with Crippen LogP contribution < -0.4 is 0 Å². The first-order valence-electron chi connectivity index (χ1n) is 7.82. The number of carbonyl (C=O) groups excluding carboxylic acids is 1. The zero-order chi connectivity index (χ0) is 17.4. The molecule has 0 radical (unpaired) electrons. The third-order valence-corrected chi connectivity index (χ3v) is 4.41. The fourth-order valence-corrected chi connectivity index (χ4v) is 3.34. The molecule has 0 atom stereocenters. The van der Waals surface area contributed by atoms with Gasteiger partial charge in [0.2, 0.25) is 0 Å². The normalized spacial score (nSPS) is 15.0. The van der Waals surface area contributed by atoms with Crippen molar-refractivity contribution in [1.29, 1.82) is 0 Å². The second-order valence-electron chi connectivity index (χ2n) is 6.05. The Kier molecular flexibility index (Phi) is 4.05. The van der Waals surface area contributed by atoms with E-state index in [2.05, 4.69) is 0 Å². The van der Waals surface area contributed by atoms with Crippen molar-refractivity contribution in [3.05, 3.63) is 41.1 Å². The highest BCUT2D eigenvalue weighted by molar-refractivity contribution is 6.01. The Morgan fingerprint density at radius 1 is 1.25 bits per heavy atom. The van der Waals surface area contributed by atoms with Gasteiger partial charge in [-0.1, -0.05) is 11.6 Å².